The number of ether oxygens (including phenoxy) is 2. The Hall–Kier alpha value is -4.24. The first-order valence-electron chi connectivity index (χ1n) is 11.8. The third kappa shape index (κ3) is 6.31. The summed E-state index contributed by atoms with van der Waals surface area (Å²) in [5.41, 5.74) is 0.438. The molecule has 0 bridgehead atoms. The zero-order valence-electron chi connectivity index (χ0n) is 21.6. The molecule has 0 radical (unpaired) electrons. The number of nitrogens with zero attached hydrogens (tertiary/aromatic N) is 5. The number of carbonyl (C=O) groups is 2. The van der Waals surface area contributed by atoms with Crippen LogP contribution in [0.2, 0.25) is 5.02 Å². The number of hydrogen-bond donors (Lipinski definition) is 2. The third-order valence-corrected chi connectivity index (χ3v) is 7.47. The molecule has 0 aliphatic carbocycles. The monoisotopic (exact) mass is 593 g/mol. The molecule has 1 aliphatic rings. The van der Waals surface area contributed by atoms with E-state index in [-0.39, 0.29) is 45.8 Å². The minimum atomic E-state index is -3.94. The number of hydrogen-bond acceptors (Lipinski definition) is 9. The van der Waals surface area contributed by atoms with Crippen LogP contribution in [0.3, 0.4) is 0 Å². The first-order chi connectivity index (χ1) is 19.0. The van der Waals surface area contributed by atoms with Gasteiger partial charge in [0.2, 0.25) is 5.82 Å². The van der Waals surface area contributed by atoms with Gasteiger partial charge in [0, 0.05) is 20.6 Å². The van der Waals surface area contributed by atoms with Crippen molar-refractivity contribution in [2.45, 2.75) is 23.8 Å². The molecule has 0 saturated heterocycles. The lowest BCUT2D eigenvalue weighted by Gasteiger charge is -2.27. The van der Waals surface area contributed by atoms with Crippen molar-refractivity contribution in [1.29, 1.82) is 0 Å². The largest absolute Gasteiger partial charge is 0.497 e. The summed E-state index contributed by atoms with van der Waals surface area (Å²) in [6, 6.07) is 8.57. The maximum atomic E-state index is 14.6. The zero-order valence-corrected chi connectivity index (χ0v) is 23.2. The lowest BCUT2D eigenvalue weighted by Crippen LogP contribution is -2.31. The summed E-state index contributed by atoms with van der Waals surface area (Å²) in [6.45, 7) is 0.232. The highest BCUT2D eigenvalue weighted by atomic mass is 35.5. The van der Waals surface area contributed by atoms with Crippen molar-refractivity contribution in [2.24, 2.45) is 12.1 Å². The van der Waals surface area contributed by atoms with Gasteiger partial charge in [-0.25, -0.2) is 18.9 Å². The second-order valence-corrected chi connectivity index (χ2v) is 10.7. The number of carbonyl (C=O) groups excluding carboxylic acids is 2. The molecule has 2 aromatic carbocycles. The minimum Gasteiger partial charge on any atom is -0.497 e. The summed E-state index contributed by atoms with van der Waals surface area (Å²) in [6.07, 6.45) is 0.0969. The van der Waals surface area contributed by atoms with Crippen molar-refractivity contribution in [3.63, 3.8) is 0 Å². The van der Waals surface area contributed by atoms with E-state index in [9.17, 15) is 22.4 Å². The standard InChI is InChI=1S/C24H25ClFN7O6S/c1-32(12-4-5-18-20-17(28-24(35)39-18)11-10-16(25)21(20)26)23(34)22-29-19(30-33(22)2)13-27-31-40(36,37)15-8-6-14(38-3)7-9-15/h6-11,13,18,31H,4-5,12H2,1-3H3,(H,28,35)/b27-13+/t18-/m1/s1. The smallest absolute Gasteiger partial charge is 0.412 e. The van der Waals surface area contributed by atoms with E-state index in [1.165, 1.54) is 60.1 Å². The molecule has 2 N–H and O–H groups in total. The Bertz CT molecular complexity index is 1560. The molecule has 1 atom stereocenters. The normalized spacial score (nSPS) is 14.8. The van der Waals surface area contributed by atoms with Gasteiger partial charge in [-0.3, -0.25) is 10.1 Å². The van der Waals surface area contributed by atoms with Gasteiger partial charge < -0.3 is 14.4 Å². The van der Waals surface area contributed by atoms with Gasteiger partial charge in [0.25, 0.3) is 15.9 Å². The summed E-state index contributed by atoms with van der Waals surface area (Å²) in [5, 5.41) is 10.1. The molecular formula is C24H25ClFN7O6S. The topological polar surface area (TPSA) is 157 Å². The number of hydrazone groups is 1. The van der Waals surface area contributed by atoms with E-state index in [1.54, 1.807) is 7.05 Å². The van der Waals surface area contributed by atoms with E-state index in [0.29, 0.717) is 12.2 Å². The highest BCUT2D eigenvalue weighted by Crippen LogP contribution is 2.38. The number of halogens is 2. The Balaban J connectivity index is 1.35. The fraction of sp³-hybridized carbons (Fsp3) is 0.292. The van der Waals surface area contributed by atoms with Gasteiger partial charge in [0.1, 0.15) is 11.9 Å². The molecule has 3 aromatic rings. The van der Waals surface area contributed by atoms with Crippen LogP contribution in [0.1, 0.15) is 41.0 Å². The fourth-order valence-electron chi connectivity index (χ4n) is 3.91. The van der Waals surface area contributed by atoms with E-state index in [2.05, 4.69) is 25.3 Å². The number of rotatable bonds is 10. The summed E-state index contributed by atoms with van der Waals surface area (Å²) in [4.78, 5) is 32.4. The Kier molecular flexibility index (Phi) is 8.54. The molecular weight excluding hydrogens is 569 g/mol. The van der Waals surface area contributed by atoms with Crippen molar-refractivity contribution in [2.75, 3.05) is 26.0 Å². The van der Waals surface area contributed by atoms with Crippen LogP contribution < -0.4 is 14.9 Å². The average molecular weight is 594 g/mol. The zero-order chi connectivity index (χ0) is 29.0. The number of cyclic esters (lactones) is 1. The minimum absolute atomic E-state index is 0.00209. The van der Waals surface area contributed by atoms with Crippen LogP contribution in [0.5, 0.6) is 5.75 Å². The first kappa shape index (κ1) is 28.8. The molecule has 40 heavy (non-hydrogen) atoms. The lowest BCUT2D eigenvalue weighted by molar-refractivity contribution is 0.0744. The van der Waals surface area contributed by atoms with E-state index < -0.39 is 33.9 Å². The number of aryl methyl sites for hydroxylation is 1. The van der Waals surface area contributed by atoms with Gasteiger partial charge in [-0.2, -0.15) is 18.4 Å². The molecule has 4 rings (SSSR count). The highest BCUT2D eigenvalue weighted by Gasteiger charge is 2.30. The van der Waals surface area contributed by atoms with E-state index in [0.717, 1.165) is 6.21 Å². The molecule has 2 heterocycles. The van der Waals surface area contributed by atoms with E-state index in [4.69, 9.17) is 21.1 Å². The molecule has 0 unspecified atom stereocenters. The first-order valence-corrected chi connectivity index (χ1v) is 13.7. The van der Waals surface area contributed by atoms with Crippen molar-refractivity contribution in [3.8, 4) is 5.75 Å². The average Bonchev–Trinajstić information content (AvgIpc) is 3.29. The lowest BCUT2D eigenvalue weighted by atomic mass is 10.0. The molecule has 0 fully saturated rings. The number of benzene rings is 2. The number of sulfonamides is 1. The Morgan fingerprint density at radius 3 is 2.75 bits per heavy atom. The molecule has 0 saturated carbocycles. The Morgan fingerprint density at radius 1 is 1.32 bits per heavy atom. The molecule has 16 heteroatoms. The summed E-state index contributed by atoms with van der Waals surface area (Å²) in [7, 11) is 0.578. The molecule has 0 spiro atoms. The fourth-order valence-corrected chi connectivity index (χ4v) is 4.87. The van der Waals surface area contributed by atoms with Crippen LogP contribution in [-0.4, -0.2) is 67.0 Å². The number of nitrogens with one attached hydrogen (secondary N) is 2. The summed E-state index contributed by atoms with van der Waals surface area (Å²) < 4.78 is 50.9. The molecule has 2 amide bonds. The van der Waals surface area contributed by atoms with Crippen LogP contribution in [0.4, 0.5) is 14.9 Å². The van der Waals surface area contributed by atoms with Gasteiger partial charge >= 0.3 is 6.09 Å². The van der Waals surface area contributed by atoms with Crippen molar-refractivity contribution in [3.05, 3.63) is 64.5 Å². The Morgan fingerprint density at radius 2 is 2.05 bits per heavy atom. The molecule has 13 nitrogen and oxygen atoms in total. The van der Waals surface area contributed by atoms with Crippen LogP contribution in [0.15, 0.2) is 46.4 Å². The van der Waals surface area contributed by atoms with Gasteiger partial charge in [0.15, 0.2) is 11.6 Å². The molecule has 1 aliphatic heterocycles. The van der Waals surface area contributed by atoms with E-state index >= 15 is 0 Å². The van der Waals surface area contributed by atoms with Crippen molar-refractivity contribution < 1.29 is 31.9 Å². The van der Waals surface area contributed by atoms with Crippen LogP contribution in [-0.2, 0) is 21.8 Å². The number of methoxy groups -OCH3 is 1. The predicted molar refractivity (Wildman–Crippen MR) is 142 cm³/mol. The number of anilines is 1. The van der Waals surface area contributed by atoms with E-state index in [1.807, 2.05) is 0 Å². The number of amides is 2. The van der Waals surface area contributed by atoms with Gasteiger partial charge in [-0.05, 0) is 49.2 Å². The third-order valence-electron chi connectivity index (χ3n) is 5.94. The molecule has 1 aromatic heterocycles. The van der Waals surface area contributed by atoms with Crippen LogP contribution >= 0.6 is 11.6 Å². The highest BCUT2D eigenvalue weighted by molar-refractivity contribution is 7.89. The SMILES string of the molecule is COc1ccc(S(=O)(=O)N/N=C/c2nc(C(=O)N(C)CCC[C@H]3OC(=O)Nc4ccc(Cl)c(F)c43)n(C)n2)cc1. The second-order valence-electron chi connectivity index (χ2n) is 8.66. The van der Waals surface area contributed by atoms with Crippen molar-refractivity contribution >= 4 is 45.5 Å². The van der Waals surface area contributed by atoms with Crippen LogP contribution in [0, 0.1) is 5.82 Å². The van der Waals surface area contributed by atoms with Crippen LogP contribution in [0.25, 0.3) is 0 Å². The Labute approximate surface area is 234 Å². The maximum Gasteiger partial charge on any atom is 0.412 e. The molecule has 212 valence electrons. The second kappa shape index (κ2) is 11.9. The van der Waals surface area contributed by atoms with Gasteiger partial charge in [0.05, 0.1) is 34.5 Å². The maximum absolute atomic E-state index is 14.6. The number of fused-ring (bicyclic) bond motifs is 1. The summed E-state index contributed by atoms with van der Waals surface area (Å²) >= 11 is 5.89. The van der Waals surface area contributed by atoms with Gasteiger partial charge in [-0.15, -0.1) is 5.10 Å². The van der Waals surface area contributed by atoms with Crippen molar-refractivity contribution in [1.82, 2.24) is 24.5 Å². The number of aromatic nitrogens is 3. The predicted octanol–water partition coefficient (Wildman–Crippen LogP) is 3.08. The quantitative estimate of drug-likeness (QED) is 0.268. The summed E-state index contributed by atoms with van der Waals surface area (Å²) in [5.74, 6) is -0.652. The van der Waals surface area contributed by atoms with Gasteiger partial charge in [-0.1, -0.05) is 11.6 Å².